The molecule has 0 unspecified atom stereocenters. The quantitative estimate of drug-likeness (QED) is 0.258. The van der Waals surface area contributed by atoms with Crippen molar-refractivity contribution in [3.63, 3.8) is 0 Å². The second-order valence-corrected chi connectivity index (χ2v) is 8.54. The average molecular weight is 478 g/mol. The fourth-order valence-corrected chi connectivity index (χ4v) is 4.22. The second-order valence-electron chi connectivity index (χ2n) is 8.10. The topological polar surface area (TPSA) is 73.3 Å². The normalized spacial score (nSPS) is 11.2. The highest BCUT2D eigenvalue weighted by atomic mass is 35.5. The molecule has 3 aromatic carbocycles. The molecule has 0 atom stereocenters. The highest BCUT2D eigenvalue weighted by molar-refractivity contribution is 6.30. The molecule has 3 heterocycles. The van der Waals surface area contributed by atoms with E-state index < -0.39 is 11.3 Å². The van der Waals surface area contributed by atoms with E-state index >= 15 is 0 Å². The summed E-state index contributed by atoms with van der Waals surface area (Å²) in [5.41, 5.74) is 2.95. The smallest absolute Gasteiger partial charge is 0.345 e. The number of hydrogen-bond acceptors (Lipinski definition) is 5. The SMILES string of the molecule is O=c1oc2ccccc2cc1-c1cc(-c2ccc(Cl)cc2)cc(-c2cc3ccccc3oc2=O)n1. The van der Waals surface area contributed by atoms with Crippen molar-refractivity contribution in [2.45, 2.75) is 0 Å². The zero-order valence-electron chi connectivity index (χ0n) is 18.2. The summed E-state index contributed by atoms with van der Waals surface area (Å²) in [5, 5.41) is 2.15. The van der Waals surface area contributed by atoms with Gasteiger partial charge in [-0.1, -0.05) is 60.1 Å². The van der Waals surface area contributed by atoms with Crippen LogP contribution in [-0.4, -0.2) is 4.98 Å². The lowest BCUT2D eigenvalue weighted by atomic mass is 10.0. The van der Waals surface area contributed by atoms with Gasteiger partial charge in [-0.05, 0) is 59.7 Å². The minimum Gasteiger partial charge on any atom is -0.422 e. The number of rotatable bonds is 3. The predicted octanol–water partition coefficient (Wildman–Crippen LogP) is 6.95. The second kappa shape index (κ2) is 8.38. The highest BCUT2D eigenvalue weighted by Crippen LogP contribution is 2.31. The first-order valence-corrected chi connectivity index (χ1v) is 11.3. The van der Waals surface area contributed by atoms with Crippen LogP contribution in [0.1, 0.15) is 0 Å². The van der Waals surface area contributed by atoms with Gasteiger partial charge >= 0.3 is 11.3 Å². The molecule has 35 heavy (non-hydrogen) atoms. The Bertz CT molecular complexity index is 1740. The zero-order valence-corrected chi connectivity index (χ0v) is 19.0. The molecule has 0 saturated heterocycles. The van der Waals surface area contributed by atoms with Gasteiger partial charge in [0.2, 0.25) is 0 Å². The van der Waals surface area contributed by atoms with E-state index in [0.29, 0.717) is 38.7 Å². The Morgan fingerprint density at radius 1 is 0.571 bits per heavy atom. The average Bonchev–Trinajstić information content (AvgIpc) is 2.88. The molecule has 0 aliphatic rings. The van der Waals surface area contributed by atoms with E-state index in [2.05, 4.69) is 0 Å². The molecule has 6 aromatic rings. The Hall–Kier alpha value is -4.48. The van der Waals surface area contributed by atoms with E-state index in [9.17, 15) is 9.59 Å². The molecule has 0 fully saturated rings. The molecule has 0 N–H and O–H groups in total. The molecule has 168 valence electrons. The summed E-state index contributed by atoms with van der Waals surface area (Å²) in [6, 6.07) is 29.0. The van der Waals surface area contributed by atoms with Crippen molar-refractivity contribution in [1.82, 2.24) is 4.98 Å². The Kier molecular flexibility index (Phi) is 5.05. The van der Waals surface area contributed by atoms with Crippen LogP contribution in [0.2, 0.25) is 5.02 Å². The van der Waals surface area contributed by atoms with Crippen molar-refractivity contribution in [2.75, 3.05) is 0 Å². The van der Waals surface area contributed by atoms with E-state index in [0.717, 1.165) is 21.9 Å². The number of hydrogen-bond donors (Lipinski definition) is 0. The van der Waals surface area contributed by atoms with Crippen molar-refractivity contribution in [3.8, 4) is 33.6 Å². The lowest BCUT2D eigenvalue weighted by molar-refractivity contribution is 0.563. The number of benzene rings is 3. The third-order valence-corrected chi connectivity index (χ3v) is 6.09. The van der Waals surface area contributed by atoms with Gasteiger partial charge in [-0.3, -0.25) is 0 Å². The number of aromatic nitrogens is 1. The molecular weight excluding hydrogens is 462 g/mol. The molecule has 0 spiro atoms. The molecule has 0 aliphatic heterocycles. The summed E-state index contributed by atoms with van der Waals surface area (Å²) < 4.78 is 11.1. The summed E-state index contributed by atoms with van der Waals surface area (Å²) in [5.74, 6) is 0. The van der Waals surface area contributed by atoms with Gasteiger partial charge in [0.1, 0.15) is 11.2 Å². The van der Waals surface area contributed by atoms with Gasteiger partial charge in [0.25, 0.3) is 0 Å². The molecule has 0 bridgehead atoms. The number of pyridine rings is 1. The van der Waals surface area contributed by atoms with Crippen LogP contribution in [-0.2, 0) is 0 Å². The number of fused-ring (bicyclic) bond motifs is 2. The van der Waals surface area contributed by atoms with Gasteiger partial charge in [0.05, 0.1) is 22.5 Å². The van der Waals surface area contributed by atoms with E-state index in [1.165, 1.54) is 0 Å². The van der Waals surface area contributed by atoms with Crippen LogP contribution in [0, 0.1) is 0 Å². The van der Waals surface area contributed by atoms with E-state index in [-0.39, 0.29) is 0 Å². The van der Waals surface area contributed by atoms with Crippen molar-refractivity contribution in [1.29, 1.82) is 0 Å². The number of para-hydroxylation sites is 2. The van der Waals surface area contributed by atoms with Crippen LogP contribution < -0.4 is 11.3 Å². The lowest BCUT2D eigenvalue weighted by Gasteiger charge is -2.10. The summed E-state index contributed by atoms with van der Waals surface area (Å²) in [7, 11) is 0. The minimum absolute atomic E-state index is 0.297. The van der Waals surface area contributed by atoms with Crippen LogP contribution in [0.25, 0.3) is 55.6 Å². The fraction of sp³-hybridized carbons (Fsp3) is 0. The first-order chi connectivity index (χ1) is 17.0. The Morgan fingerprint density at radius 3 is 1.57 bits per heavy atom. The molecule has 0 saturated carbocycles. The molecule has 3 aromatic heterocycles. The third kappa shape index (κ3) is 3.92. The monoisotopic (exact) mass is 477 g/mol. The summed E-state index contributed by atoms with van der Waals surface area (Å²) in [6.45, 7) is 0. The number of nitrogens with zero attached hydrogens (tertiary/aromatic N) is 1. The van der Waals surface area contributed by atoms with Crippen LogP contribution in [0.4, 0.5) is 0 Å². The number of halogens is 1. The Labute approximate surface area is 203 Å². The predicted molar refractivity (Wildman–Crippen MR) is 138 cm³/mol. The van der Waals surface area contributed by atoms with Gasteiger partial charge in [0, 0.05) is 15.8 Å². The summed E-state index contributed by atoms with van der Waals surface area (Å²) >= 11 is 6.09. The van der Waals surface area contributed by atoms with Crippen LogP contribution >= 0.6 is 11.6 Å². The maximum atomic E-state index is 12.9. The zero-order chi connectivity index (χ0) is 23.9. The van der Waals surface area contributed by atoms with Gasteiger partial charge in [0.15, 0.2) is 0 Å². The maximum absolute atomic E-state index is 12.9. The van der Waals surface area contributed by atoms with E-state index in [1.807, 2.05) is 48.5 Å². The van der Waals surface area contributed by atoms with Gasteiger partial charge in [-0.25, -0.2) is 14.6 Å². The molecule has 5 nitrogen and oxygen atoms in total. The van der Waals surface area contributed by atoms with Gasteiger partial charge in [-0.2, -0.15) is 0 Å². The van der Waals surface area contributed by atoms with Crippen LogP contribution in [0.3, 0.4) is 0 Å². The maximum Gasteiger partial charge on any atom is 0.345 e. The third-order valence-electron chi connectivity index (χ3n) is 5.84. The highest BCUT2D eigenvalue weighted by Gasteiger charge is 2.16. The van der Waals surface area contributed by atoms with Crippen molar-refractivity contribution in [2.24, 2.45) is 0 Å². The van der Waals surface area contributed by atoms with Crippen molar-refractivity contribution in [3.05, 3.63) is 123 Å². The first-order valence-electron chi connectivity index (χ1n) is 10.9. The molecular formula is C29H16ClNO4. The Balaban J connectivity index is 1.63. The summed E-state index contributed by atoms with van der Waals surface area (Å²) in [4.78, 5) is 30.5. The molecule has 6 heteroatoms. The molecule has 0 radical (unpaired) electrons. The van der Waals surface area contributed by atoms with E-state index in [1.54, 1.807) is 48.5 Å². The lowest BCUT2D eigenvalue weighted by Crippen LogP contribution is -2.07. The molecule has 6 rings (SSSR count). The molecule has 0 aliphatic carbocycles. The van der Waals surface area contributed by atoms with Gasteiger partial charge in [-0.15, -0.1) is 0 Å². The molecule has 0 amide bonds. The van der Waals surface area contributed by atoms with Gasteiger partial charge < -0.3 is 8.83 Å². The summed E-state index contributed by atoms with van der Waals surface area (Å²) in [6.07, 6.45) is 0. The first kappa shape index (κ1) is 21.1. The van der Waals surface area contributed by atoms with Crippen LogP contribution in [0.5, 0.6) is 0 Å². The largest absolute Gasteiger partial charge is 0.422 e. The van der Waals surface area contributed by atoms with Crippen LogP contribution in [0.15, 0.2) is 115 Å². The van der Waals surface area contributed by atoms with E-state index in [4.69, 9.17) is 25.4 Å². The minimum atomic E-state index is -0.513. The van der Waals surface area contributed by atoms with Crippen molar-refractivity contribution < 1.29 is 8.83 Å². The van der Waals surface area contributed by atoms with Crippen molar-refractivity contribution >= 4 is 33.5 Å². The fourth-order valence-electron chi connectivity index (χ4n) is 4.10. The standard InChI is InChI=1S/C29H16ClNO4/c30-21-11-9-17(10-12-21)20-15-24(22-13-18-5-1-3-7-26(18)34-28(22)32)31-25(16-20)23-14-19-6-2-4-8-27(19)35-29(23)33/h1-16H. The Morgan fingerprint density at radius 2 is 1.06 bits per heavy atom.